The molecule has 19 heavy (non-hydrogen) atoms. The van der Waals surface area contributed by atoms with Crippen LogP contribution in [0, 0.1) is 0 Å². The number of carbonyl (C=O) groups is 1. The lowest BCUT2D eigenvalue weighted by molar-refractivity contribution is -0.137. The quantitative estimate of drug-likeness (QED) is 0.343. The third kappa shape index (κ3) is 15.2. The van der Waals surface area contributed by atoms with Gasteiger partial charge in [0.2, 0.25) is 0 Å². The van der Waals surface area contributed by atoms with Gasteiger partial charge in [-0.3, -0.25) is 4.79 Å². The van der Waals surface area contributed by atoms with Crippen LogP contribution in [0.5, 0.6) is 0 Å². The zero-order chi connectivity index (χ0) is 14.3. The molecule has 0 rings (SSSR count). The van der Waals surface area contributed by atoms with Crippen LogP contribution in [-0.2, 0) is 4.79 Å². The molecule has 112 valence electrons. The molecule has 0 aliphatic heterocycles. The Morgan fingerprint density at radius 1 is 0.895 bits per heavy atom. The third-order valence-electron chi connectivity index (χ3n) is 3.51. The summed E-state index contributed by atoms with van der Waals surface area (Å²) in [5.41, 5.74) is 1.48. The summed E-state index contributed by atoms with van der Waals surface area (Å²) in [5.74, 6) is -0.677. The van der Waals surface area contributed by atoms with Crippen LogP contribution in [0.1, 0.15) is 90.9 Å². The average molecular weight is 268 g/mol. The topological polar surface area (TPSA) is 37.3 Å². The molecule has 0 spiro atoms. The lowest BCUT2D eigenvalue weighted by atomic mass is 10.0. The van der Waals surface area contributed by atoms with Crippen molar-refractivity contribution in [3.05, 3.63) is 11.6 Å². The summed E-state index contributed by atoms with van der Waals surface area (Å²) in [7, 11) is 0. The predicted molar refractivity (Wildman–Crippen MR) is 82.5 cm³/mol. The summed E-state index contributed by atoms with van der Waals surface area (Å²) < 4.78 is 0. The number of rotatable bonds is 13. The average Bonchev–Trinajstić information content (AvgIpc) is 2.37. The van der Waals surface area contributed by atoms with Gasteiger partial charge < -0.3 is 5.11 Å². The third-order valence-corrected chi connectivity index (χ3v) is 3.51. The molecule has 0 aliphatic rings. The molecule has 0 fully saturated rings. The Bertz CT molecular complexity index is 244. The van der Waals surface area contributed by atoms with E-state index in [4.69, 9.17) is 5.11 Å². The second-order valence-electron chi connectivity index (χ2n) is 5.56. The summed E-state index contributed by atoms with van der Waals surface area (Å²) in [6.07, 6.45) is 16.2. The number of hydrogen-bond acceptors (Lipinski definition) is 1. The van der Waals surface area contributed by atoms with E-state index < -0.39 is 5.97 Å². The van der Waals surface area contributed by atoms with Crippen LogP contribution in [0.3, 0.4) is 0 Å². The smallest absolute Gasteiger partial charge is 0.303 e. The minimum Gasteiger partial charge on any atom is -0.481 e. The lowest BCUT2D eigenvalue weighted by Crippen LogP contribution is -1.93. The molecule has 0 bridgehead atoms. The monoisotopic (exact) mass is 268 g/mol. The molecule has 0 unspecified atom stereocenters. The predicted octanol–water partition coefficient (Wildman–Crippen LogP) is 5.72. The van der Waals surface area contributed by atoms with Gasteiger partial charge in [-0.05, 0) is 39.0 Å². The Labute approximate surface area is 119 Å². The first-order valence-corrected chi connectivity index (χ1v) is 8.04. The van der Waals surface area contributed by atoms with Crippen LogP contribution in [-0.4, -0.2) is 11.1 Å². The molecule has 0 saturated carbocycles. The van der Waals surface area contributed by atoms with Crippen molar-refractivity contribution in [1.82, 2.24) is 0 Å². The highest BCUT2D eigenvalue weighted by atomic mass is 16.4. The minimum absolute atomic E-state index is 0.310. The SMILES string of the molecule is CCCCCCCCCC(C)=CCCCCC(=O)O. The highest BCUT2D eigenvalue weighted by Gasteiger charge is 1.96. The van der Waals surface area contributed by atoms with Gasteiger partial charge >= 0.3 is 5.97 Å². The summed E-state index contributed by atoms with van der Waals surface area (Å²) in [6.45, 7) is 4.46. The van der Waals surface area contributed by atoms with Gasteiger partial charge in [-0.15, -0.1) is 0 Å². The summed E-state index contributed by atoms with van der Waals surface area (Å²) >= 11 is 0. The van der Waals surface area contributed by atoms with Gasteiger partial charge in [-0.25, -0.2) is 0 Å². The molecular weight excluding hydrogens is 236 g/mol. The Balaban J connectivity index is 3.32. The van der Waals surface area contributed by atoms with Gasteiger partial charge in [0.25, 0.3) is 0 Å². The number of aliphatic carboxylic acids is 1. The second-order valence-corrected chi connectivity index (χ2v) is 5.56. The van der Waals surface area contributed by atoms with E-state index in [9.17, 15) is 4.79 Å². The zero-order valence-corrected chi connectivity index (χ0v) is 12.9. The maximum absolute atomic E-state index is 10.3. The van der Waals surface area contributed by atoms with E-state index in [0.717, 1.165) is 19.3 Å². The van der Waals surface area contributed by atoms with Gasteiger partial charge in [0.05, 0.1) is 0 Å². The van der Waals surface area contributed by atoms with Crippen molar-refractivity contribution < 1.29 is 9.90 Å². The van der Waals surface area contributed by atoms with Gasteiger partial charge in [-0.1, -0.05) is 57.1 Å². The van der Waals surface area contributed by atoms with E-state index in [1.807, 2.05) is 0 Å². The Hall–Kier alpha value is -0.790. The van der Waals surface area contributed by atoms with Crippen LogP contribution in [0.25, 0.3) is 0 Å². The van der Waals surface area contributed by atoms with Crippen LogP contribution in [0.2, 0.25) is 0 Å². The number of hydrogen-bond donors (Lipinski definition) is 1. The standard InChI is InChI=1S/C17H32O2/c1-3-4-5-6-7-8-10-13-16(2)14-11-9-12-15-17(18)19/h14H,3-13,15H2,1-2H3,(H,18,19). The highest BCUT2D eigenvalue weighted by Crippen LogP contribution is 2.13. The molecule has 0 aromatic carbocycles. The van der Waals surface area contributed by atoms with Crippen molar-refractivity contribution in [2.75, 3.05) is 0 Å². The van der Waals surface area contributed by atoms with E-state index in [1.165, 1.54) is 56.9 Å². The number of unbranched alkanes of at least 4 members (excludes halogenated alkanes) is 8. The fraction of sp³-hybridized carbons (Fsp3) is 0.824. The first-order chi connectivity index (χ1) is 9.16. The molecule has 0 amide bonds. The van der Waals surface area contributed by atoms with Crippen molar-refractivity contribution in [2.45, 2.75) is 90.9 Å². The van der Waals surface area contributed by atoms with E-state index in [-0.39, 0.29) is 0 Å². The molecule has 1 N–H and O–H groups in total. The maximum Gasteiger partial charge on any atom is 0.303 e. The van der Waals surface area contributed by atoms with E-state index >= 15 is 0 Å². The van der Waals surface area contributed by atoms with Gasteiger partial charge in [0.1, 0.15) is 0 Å². The molecule has 2 heteroatoms. The summed E-state index contributed by atoms with van der Waals surface area (Å²) in [6, 6.07) is 0. The van der Waals surface area contributed by atoms with Crippen molar-refractivity contribution in [1.29, 1.82) is 0 Å². The van der Waals surface area contributed by atoms with Crippen LogP contribution < -0.4 is 0 Å². The van der Waals surface area contributed by atoms with Gasteiger partial charge in [0, 0.05) is 6.42 Å². The fourth-order valence-corrected chi connectivity index (χ4v) is 2.23. The van der Waals surface area contributed by atoms with E-state index in [2.05, 4.69) is 19.9 Å². The van der Waals surface area contributed by atoms with Crippen LogP contribution in [0.4, 0.5) is 0 Å². The molecule has 0 aromatic heterocycles. The van der Waals surface area contributed by atoms with E-state index in [1.54, 1.807) is 0 Å². The molecule has 0 aliphatic carbocycles. The Morgan fingerprint density at radius 2 is 1.47 bits per heavy atom. The zero-order valence-electron chi connectivity index (χ0n) is 12.9. The van der Waals surface area contributed by atoms with Crippen LogP contribution >= 0.6 is 0 Å². The highest BCUT2D eigenvalue weighted by molar-refractivity contribution is 5.66. The largest absolute Gasteiger partial charge is 0.481 e. The molecule has 0 aromatic rings. The first-order valence-electron chi connectivity index (χ1n) is 8.04. The number of carboxylic acid groups (broad SMARTS) is 1. The molecule has 2 nitrogen and oxygen atoms in total. The number of allylic oxidation sites excluding steroid dienone is 2. The first kappa shape index (κ1) is 18.2. The summed E-state index contributed by atoms with van der Waals surface area (Å²) in [4.78, 5) is 10.3. The Morgan fingerprint density at radius 3 is 2.11 bits per heavy atom. The molecule has 0 heterocycles. The van der Waals surface area contributed by atoms with Crippen molar-refractivity contribution in [3.8, 4) is 0 Å². The van der Waals surface area contributed by atoms with Crippen molar-refractivity contribution in [3.63, 3.8) is 0 Å². The fourth-order valence-electron chi connectivity index (χ4n) is 2.23. The van der Waals surface area contributed by atoms with Crippen LogP contribution in [0.15, 0.2) is 11.6 Å². The molecule has 0 radical (unpaired) electrons. The van der Waals surface area contributed by atoms with Gasteiger partial charge in [0.15, 0.2) is 0 Å². The van der Waals surface area contributed by atoms with Crippen molar-refractivity contribution >= 4 is 5.97 Å². The Kier molecular flexibility index (Phi) is 13.1. The number of carboxylic acids is 1. The van der Waals surface area contributed by atoms with Gasteiger partial charge in [-0.2, -0.15) is 0 Å². The summed E-state index contributed by atoms with van der Waals surface area (Å²) in [5, 5.41) is 8.53. The molecule has 0 saturated heterocycles. The normalized spacial score (nSPS) is 11.8. The minimum atomic E-state index is -0.677. The van der Waals surface area contributed by atoms with E-state index in [0.29, 0.717) is 6.42 Å². The maximum atomic E-state index is 10.3. The van der Waals surface area contributed by atoms with Crippen molar-refractivity contribution in [2.24, 2.45) is 0 Å². The second kappa shape index (κ2) is 13.6. The molecule has 0 atom stereocenters. The lowest BCUT2D eigenvalue weighted by Gasteiger charge is -2.03. The molecular formula is C17H32O2.